The van der Waals surface area contributed by atoms with Gasteiger partial charge in [-0.15, -0.1) is 0 Å². The number of nitrogens with one attached hydrogen (secondary N) is 1. The van der Waals surface area contributed by atoms with Gasteiger partial charge in [-0.3, -0.25) is 0 Å². The summed E-state index contributed by atoms with van der Waals surface area (Å²) in [5.41, 5.74) is 0. The molecule has 96 valence electrons. The number of aryl methyl sites for hydroxylation is 1. The number of hydrogen-bond acceptors (Lipinski definition) is 2. The summed E-state index contributed by atoms with van der Waals surface area (Å²) >= 11 is 0. The van der Waals surface area contributed by atoms with Crippen molar-refractivity contribution < 1.29 is 0 Å². The summed E-state index contributed by atoms with van der Waals surface area (Å²) in [4.78, 5) is 4.49. The maximum absolute atomic E-state index is 4.49. The summed E-state index contributed by atoms with van der Waals surface area (Å²) in [6.45, 7) is 5.59. The van der Waals surface area contributed by atoms with Gasteiger partial charge in [-0.05, 0) is 25.7 Å². The van der Waals surface area contributed by atoms with Crippen molar-refractivity contribution in [2.75, 3.05) is 6.54 Å². The third-order valence-corrected chi connectivity index (χ3v) is 3.46. The third kappa shape index (κ3) is 3.56. The normalized spacial score (nSPS) is 17.3. The highest BCUT2D eigenvalue weighted by molar-refractivity contribution is 4.96. The number of hydrogen-bond donors (Lipinski definition) is 1. The van der Waals surface area contributed by atoms with E-state index in [1.807, 2.05) is 6.20 Å². The minimum absolute atomic E-state index is 0.588. The lowest BCUT2D eigenvalue weighted by atomic mass is 10.1. The van der Waals surface area contributed by atoms with Gasteiger partial charge in [0.25, 0.3) is 0 Å². The summed E-state index contributed by atoms with van der Waals surface area (Å²) in [6, 6.07) is 1.39. The second kappa shape index (κ2) is 6.20. The molecule has 1 aliphatic carbocycles. The average Bonchev–Trinajstić information content (AvgIpc) is 3.04. The lowest BCUT2D eigenvalue weighted by molar-refractivity contribution is 0.414. The quantitative estimate of drug-likeness (QED) is 0.751. The molecule has 1 aromatic rings. The van der Waals surface area contributed by atoms with Crippen LogP contribution in [0.1, 0.15) is 57.8 Å². The lowest BCUT2D eigenvalue weighted by Gasteiger charge is -2.21. The van der Waals surface area contributed by atoms with Gasteiger partial charge in [0, 0.05) is 37.4 Å². The molecule has 1 N–H and O–H groups in total. The Labute approximate surface area is 105 Å². The summed E-state index contributed by atoms with van der Waals surface area (Å²) in [7, 11) is 0. The highest BCUT2D eigenvalue weighted by atomic mass is 15.1. The molecular formula is C14H25N3. The Morgan fingerprint density at radius 1 is 1.41 bits per heavy atom. The summed E-state index contributed by atoms with van der Waals surface area (Å²) in [5, 5.41) is 3.65. The van der Waals surface area contributed by atoms with E-state index in [4.69, 9.17) is 0 Å². The Morgan fingerprint density at radius 2 is 2.24 bits per heavy atom. The van der Waals surface area contributed by atoms with E-state index in [1.54, 1.807) is 0 Å². The second-order valence-electron chi connectivity index (χ2n) is 5.13. The Hall–Kier alpha value is -0.830. The van der Waals surface area contributed by atoms with Gasteiger partial charge in [-0.25, -0.2) is 4.98 Å². The van der Waals surface area contributed by atoms with Gasteiger partial charge in [0.2, 0.25) is 0 Å². The monoisotopic (exact) mass is 235 g/mol. The molecule has 0 radical (unpaired) electrons. The molecule has 0 saturated heterocycles. The molecule has 1 atom stereocenters. The number of nitrogens with zero attached hydrogens (tertiary/aromatic N) is 2. The van der Waals surface area contributed by atoms with Crippen LogP contribution in [0.5, 0.6) is 0 Å². The fourth-order valence-corrected chi connectivity index (χ4v) is 2.36. The topological polar surface area (TPSA) is 29.9 Å². The van der Waals surface area contributed by atoms with Crippen molar-refractivity contribution >= 4 is 0 Å². The number of rotatable bonds is 8. The van der Waals surface area contributed by atoms with Crippen LogP contribution in [-0.2, 0) is 6.42 Å². The molecule has 17 heavy (non-hydrogen) atoms. The second-order valence-corrected chi connectivity index (χ2v) is 5.13. The summed E-state index contributed by atoms with van der Waals surface area (Å²) < 4.78 is 2.39. The van der Waals surface area contributed by atoms with Crippen LogP contribution in [0, 0.1) is 0 Å². The van der Waals surface area contributed by atoms with Gasteiger partial charge in [-0.1, -0.05) is 20.3 Å². The van der Waals surface area contributed by atoms with Crippen LogP contribution in [0.3, 0.4) is 0 Å². The van der Waals surface area contributed by atoms with E-state index in [-0.39, 0.29) is 0 Å². The summed E-state index contributed by atoms with van der Waals surface area (Å²) in [6.07, 6.45) is 11.6. The molecule has 1 heterocycles. The van der Waals surface area contributed by atoms with E-state index in [1.165, 1.54) is 37.9 Å². The smallest absolute Gasteiger partial charge is 0.108 e. The maximum Gasteiger partial charge on any atom is 0.108 e. The SMILES string of the molecule is CCCc1nccn1C(CCC)CNC1CC1. The molecule has 1 unspecified atom stereocenters. The predicted molar refractivity (Wildman–Crippen MR) is 71.2 cm³/mol. The largest absolute Gasteiger partial charge is 0.331 e. The molecule has 1 aliphatic rings. The molecule has 0 aromatic carbocycles. The highest BCUT2D eigenvalue weighted by Gasteiger charge is 2.22. The maximum atomic E-state index is 4.49. The molecular weight excluding hydrogens is 210 g/mol. The molecule has 0 aliphatic heterocycles. The molecule has 3 heteroatoms. The average molecular weight is 235 g/mol. The van der Waals surface area contributed by atoms with Gasteiger partial charge in [0.15, 0.2) is 0 Å². The summed E-state index contributed by atoms with van der Waals surface area (Å²) in [5.74, 6) is 1.25. The Balaban J connectivity index is 1.98. The number of aromatic nitrogens is 2. The third-order valence-electron chi connectivity index (χ3n) is 3.46. The predicted octanol–water partition coefficient (Wildman–Crippen LogP) is 2.93. The Morgan fingerprint density at radius 3 is 2.88 bits per heavy atom. The van der Waals surface area contributed by atoms with Crippen molar-refractivity contribution in [2.45, 2.75) is 64.5 Å². The van der Waals surface area contributed by atoms with E-state index in [0.717, 1.165) is 19.0 Å². The van der Waals surface area contributed by atoms with Crippen molar-refractivity contribution in [3.05, 3.63) is 18.2 Å². The van der Waals surface area contributed by atoms with Crippen molar-refractivity contribution in [1.82, 2.24) is 14.9 Å². The zero-order valence-corrected chi connectivity index (χ0v) is 11.2. The van der Waals surface area contributed by atoms with Crippen LogP contribution < -0.4 is 5.32 Å². The van der Waals surface area contributed by atoms with Gasteiger partial charge >= 0.3 is 0 Å². The molecule has 1 saturated carbocycles. The first-order valence-electron chi connectivity index (χ1n) is 7.10. The van der Waals surface area contributed by atoms with Crippen LogP contribution in [0.25, 0.3) is 0 Å². The molecule has 0 amide bonds. The van der Waals surface area contributed by atoms with Gasteiger partial charge in [0.05, 0.1) is 0 Å². The molecule has 1 aromatic heterocycles. The zero-order valence-electron chi connectivity index (χ0n) is 11.2. The van der Waals surface area contributed by atoms with Crippen molar-refractivity contribution in [3.8, 4) is 0 Å². The van der Waals surface area contributed by atoms with Crippen molar-refractivity contribution in [1.29, 1.82) is 0 Å². The molecule has 0 bridgehead atoms. The highest BCUT2D eigenvalue weighted by Crippen LogP contribution is 2.21. The van der Waals surface area contributed by atoms with Crippen molar-refractivity contribution in [2.24, 2.45) is 0 Å². The van der Waals surface area contributed by atoms with E-state index < -0.39 is 0 Å². The van der Waals surface area contributed by atoms with Gasteiger partial charge in [0.1, 0.15) is 5.82 Å². The molecule has 3 nitrogen and oxygen atoms in total. The van der Waals surface area contributed by atoms with Crippen LogP contribution >= 0.6 is 0 Å². The Kier molecular flexibility index (Phi) is 4.60. The van der Waals surface area contributed by atoms with E-state index >= 15 is 0 Å². The first-order chi connectivity index (χ1) is 8.35. The van der Waals surface area contributed by atoms with E-state index in [0.29, 0.717) is 6.04 Å². The first-order valence-corrected chi connectivity index (χ1v) is 7.10. The Bertz CT molecular complexity index is 328. The van der Waals surface area contributed by atoms with E-state index in [9.17, 15) is 0 Å². The van der Waals surface area contributed by atoms with Gasteiger partial charge in [-0.2, -0.15) is 0 Å². The van der Waals surface area contributed by atoms with Crippen LogP contribution in [-0.4, -0.2) is 22.1 Å². The standard InChI is InChI=1S/C14H25N3/c1-3-5-13(11-16-12-7-8-12)17-10-9-15-14(17)6-4-2/h9-10,12-13,16H,3-8,11H2,1-2H3. The van der Waals surface area contributed by atoms with Crippen LogP contribution in [0.4, 0.5) is 0 Å². The zero-order chi connectivity index (χ0) is 12.1. The van der Waals surface area contributed by atoms with Crippen LogP contribution in [0.15, 0.2) is 12.4 Å². The fraction of sp³-hybridized carbons (Fsp3) is 0.786. The molecule has 1 fully saturated rings. The van der Waals surface area contributed by atoms with Crippen LogP contribution in [0.2, 0.25) is 0 Å². The van der Waals surface area contributed by atoms with Gasteiger partial charge < -0.3 is 9.88 Å². The minimum Gasteiger partial charge on any atom is -0.331 e. The molecule has 0 spiro atoms. The van der Waals surface area contributed by atoms with E-state index in [2.05, 4.69) is 34.9 Å². The number of imidazole rings is 1. The first kappa shape index (κ1) is 12.6. The van der Waals surface area contributed by atoms with Crippen molar-refractivity contribution in [3.63, 3.8) is 0 Å². The fourth-order valence-electron chi connectivity index (χ4n) is 2.36. The minimum atomic E-state index is 0.588. The lowest BCUT2D eigenvalue weighted by Crippen LogP contribution is -2.27. The molecule has 2 rings (SSSR count).